The van der Waals surface area contributed by atoms with Crippen LogP contribution in [0.4, 0.5) is 0 Å². The highest BCUT2D eigenvalue weighted by Crippen LogP contribution is 2.33. The van der Waals surface area contributed by atoms with Gasteiger partial charge in [-0.05, 0) is 53.4 Å². The van der Waals surface area contributed by atoms with Crippen molar-refractivity contribution in [2.45, 2.75) is 18.4 Å². The molecular formula is C18H15Br5O. The zero-order chi connectivity index (χ0) is 17.9. The lowest BCUT2D eigenvalue weighted by molar-refractivity contribution is 0.119. The fraction of sp³-hybridized carbons (Fsp3) is 0.222. The maximum absolute atomic E-state index is 5.41. The van der Waals surface area contributed by atoms with E-state index in [2.05, 4.69) is 116 Å². The molecule has 2 rings (SSSR count). The molecule has 6 heteroatoms. The summed E-state index contributed by atoms with van der Waals surface area (Å²) in [6, 6.07) is 8.42. The quantitative estimate of drug-likeness (QED) is 0.234. The summed E-state index contributed by atoms with van der Waals surface area (Å²) < 4.78 is 9.64. The van der Waals surface area contributed by atoms with E-state index in [1.165, 1.54) is 5.56 Å². The van der Waals surface area contributed by atoms with Gasteiger partial charge in [-0.1, -0.05) is 91.8 Å². The molecule has 0 amide bonds. The van der Waals surface area contributed by atoms with Gasteiger partial charge in [-0.2, -0.15) is 0 Å². The summed E-state index contributed by atoms with van der Waals surface area (Å²) in [6.07, 6.45) is 4.23. The summed E-state index contributed by atoms with van der Waals surface area (Å²) >= 11 is 18.0. The van der Waals surface area contributed by atoms with Crippen LogP contribution in [0.1, 0.15) is 35.3 Å². The maximum Gasteiger partial charge on any atom is 0.0804 e. The van der Waals surface area contributed by atoms with E-state index in [-0.39, 0.29) is 6.10 Å². The van der Waals surface area contributed by atoms with Crippen molar-refractivity contribution in [3.05, 3.63) is 64.4 Å². The first-order valence-corrected chi connectivity index (χ1v) is 11.4. The van der Waals surface area contributed by atoms with E-state index < -0.39 is 0 Å². The van der Waals surface area contributed by atoms with Crippen molar-refractivity contribution in [2.75, 3.05) is 7.11 Å². The first-order chi connectivity index (χ1) is 11.4. The van der Waals surface area contributed by atoms with Gasteiger partial charge in [-0.25, -0.2) is 0 Å². The van der Waals surface area contributed by atoms with E-state index in [9.17, 15) is 0 Å². The smallest absolute Gasteiger partial charge is 0.0804 e. The minimum Gasteiger partial charge on any atom is -0.377 e. The lowest BCUT2D eigenvalue weighted by Gasteiger charge is -2.14. The molecule has 128 valence electrons. The van der Waals surface area contributed by atoms with Crippen molar-refractivity contribution >= 4 is 91.8 Å². The Morgan fingerprint density at radius 1 is 0.875 bits per heavy atom. The van der Waals surface area contributed by atoms with E-state index in [4.69, 9.17) is 4.74 Å². The Bertz CT molecular complexity index is 770. The van der Waals surface area contributed by atoms with E-state index in [1.54, 1.807) is 7.11 Å². The lowest BCUT2D eigenvalue weighted by Crippen LogP contribution is -1.97. The average molecular weight is 647 g/mol. The molecule has 0 aliphatic rings. The lowest BCUT2D eigenvalue weighted by atomic mass is 10.1. The van der Waals surface area contributed by atoms with Crippen molar-refractivity contribution in [3.8, 4) is 0 Å². The van der Waals surface area contributed by atoms with Gasteiger partial charge in [0.15, 0.2) is 0 Å². The minimum atomic E-state index is 0.0376. The fourth-order valence-corrected chi connectivity index (χ4v) is 5.20. The third kappa shape index (κ3) is 5.04. The van der Waals surface area contributed by atoms with Crippen LogP contribution in [-0.4, -0.2) is 7.11 Å². The number of methoxy groups -OCH3 is 1. The molecule has 0 saturated heterocycles. The molecule has 1 nitrogen and oxygen atoms in total. The predicted octanol–water partition coefficient (Wildman–Crippen LogP) is 8.51. The van der Waals surface area contributed by atoms with Gasteiger partial charge in [0.1, 0.15) is 0 Å². The van der Waals surface area contributed by atoms with Crippen molar-refractivity contribution in [3.63, 3.8) is 0 Å². The number of alkyl halides is 1. The number of hydrogen-bond donors (Lipinski definition) is 0. The van der Waals surface area contributed by atoms with Crippen LogP contribution in [0.3, 0.4) is 0 Å². The summed E-state index contributed by atoms with van der Waals surface area (Å²) in [5, 5.41) is 0.813. The molecule has 0 aliphatic heterocycles. The topological polar surface area (TPSA) is 9.23 Å². The molecule has 0 N–H and O–H groups in total. The molecule has 2 aromatic rings. The van der Waals surface area contributed by atoms with Crippen molar-refractivity contribution < 1.29 is 4.74 Å². The van der Waals surface area contributed by atoms with Crippen LogP contribution in [-0.2, 0) is 10.1 Å². The first kappa shape index (κ1) is 20.8. The van der Waals surface area contributed by atoms with Crippen LogP contribution < -0.4 is 0 Å². The van der Waals surface area contributed by atoms with Crippen molar-refractivity contribution in [1.29, 1.82) is 0 Å². The average Bonchev–Trinajstić information content (AvgIpc) is 2.56. The normalized spacial score (nSPS) is 12.8. The largest absolute Gasteiger partial charge is 0.377 e. The number of rotatable bonds is 5. The van der Waals surface area contributed by atoms with Crippen LogP contribution in [0.25, 0.3) is 12.2 Å². The highest BCUT2D eigenvalue weighted by molar-refractivity contribution is 9.11. The summed E-state index contributed by atoms with van der Waals surface area (Å²) in [4.78, 5) is 0. The molecule has 1 unspecified atom stereocenters. The monoisotopic (exact) mass is 642 g/mol. The van der Waals surface area contributed by atoms with Crippen LogP contribution in [0.5, 0.6) is 0 Å². The minimum absolute atomic E-state index is 0.0376. The summed E-state index contributed by atoms with van der Waals surface area (Å²) in [6.45, 7) is 2.03. The first-order valence-electron chi connectivity index (χ1n) is 7.11. The standard InChI is InChI=1S/C18H15Br5O/c1-10(24-2)14-8-17(22)12(6-18(14)23)4-3-11-5-16(21)13(9-19)7-15(11)20/h3-8,10H,9H2,1-2H3/b4-3-. The van der Waals surface area contributed by atoms with Gasteiger partial charge in [0.25, 0.3) is 0 Å². The molecule has 0 aromatic heterocycles. The van der Waals surface area contributed by atoms with Gasteiger partial charge in [-0.15, -0.1) is 0 Å². The molecule has 0 saturated carbocycles. The number of benzene rings is 2. The molecular weight excluding hydrogens is 632 g/mol. The Morgan fingerprint density at radius 2 is 1.42 bits per heavy atom. The predicted molar refractivity (Wildman–Crippen MR) is 121 cm³/mol. The Balaban J connectivity index is 2.36. The van der Waals surface area contributed by atoms with Crippen LogP contribution in [0, 0.1) is 0 Å². The fourth-order valence-electron chi connectivity index (χ4n) is 2.16. The van der Waals surface area contributed by atoms with Crippen LogP contribution >= 0.6 is 79.6 Å². The maximum atomic E-state index is 5.41. The molecule has 0 aliphatic carbocycles. The molecule has 2 aromatic carbocycles. The highest BCUT2D eigenvalue weighted by Gasteiger charge is 2.11. The number of hydrogen-bond acceptors (Lipinski definition) is 1. The molecule has 1 atom stereocenters. The highest BCUT2D eigenvalue weighted by atomic mass is 79.9. The second kappa shape index (κ2) is 9.47. The molecule has 0 bridgehead atoms. The Hall–Kier alpha value is 0.540. The second-order valence-corrected chi connectivity index (χ2v) is 9.18. The van der Waals surface area contributed by atoms with E-state index >= 15 is 0 Å². The van der Waals surface area contributed by atoms with Gasteiger partial charge in [-0.3, -0.25) is 0 Å². The Kier molecular flexibility index (Phi) is 8.22. The number of ether oxygens (including phenoxy) is 1. The Labute approximate surface area is 184 Å². The zero-order valence-electron chi connectivity index (χ0n) is 13.0. The molecule has 0 fully saturated rings. The third-order valence-electron chi connectivity index (χ3n) is 3.66. The van der Waals surface area contributed by atoms with E-state index in [0.717, 1.165) is 39.9 Å². The molecule has 0 heterocycles. The molecule has 24 heavy (non-hydrogen) atoms. The summed E-state index contributed by atoms with van der Waals surface area (Å²) in [5.41, 5.74) is 4.54. The van der Waals surface area contributed by atoms with Crippen LogP contribution in [0.2, 0.25) is 0 Å². The Morgan fingerprint density at radius 3 is 1.96 bits per heavy atom. The second-order valence-electron chi connectivity index (χ2n) is 5.21. The van der Waals surface area contributed by atoms with Gasteiger partial charge >= 0.3 is 0 Å². The number of halogens is 5. The van der Waals surface area contributed by atoms with Crippen molar-refractivity contribution in [2.24, 2.45) is 0 Å². The van der Waals surface area contributed by atoms with Crippen molar-refractivity contribution in [1.82, 2.24) is 0 Å². The summed E-state index contributed by atoms with van der Waals surface area (Å²) in [5.74, 6) is 0. The van der Waals surface area contributed by atoms with E-state index in [0.29, 0.717) is 0 Å². The molecule has 0 radical (unpaired) electrons. The van der Waals surface area contributed by atoms with Crippen LogP contribution in [0.15, 0.2) is 42.2 Å². The van der Waals surface area contributed by atoms with Gasteiger partial charge in [0, 0.05) is 30.3 Å². The summed E-state index contributed by atoms with van der Waals surface area (Å²) in [7, 11) is 1.71. The molecule has 0 spiro atoms. The van der Waals surface area contributed by atoms with Gasteiger partial charge in [0.2, 0.25) is 0 Å². The third-order valence-corrected chi connectivity index (χ3v) is 7.06. The van der Waals surface area contributed by atoms with Gasteiger partial charge < -0.3 is 4.74 Å². The zero-order valence-corrected chi connectivity index (χ0v) is 21.0. The SMILES string of the molecule is COC(C)c1cc(Br)c(/C=C\c2cc(Br)c(CBr)cc2Br)cc1Br. The van der Waals surface area contributed by atoms with E-state index in [1.807, 2.05) is 6.92 Å². The van der Waals surface area contributed by atoms with Gasteiger partial charge in [0.05, 0.1) is 6.10 Å².